The van der Waals surface area contributed by atoms with Gasteiger partial charge in [0, 0.05) is 18.8 Å². The third-order valence-corrected chi connectivity index (χ3v) is 10.6. The average Bonchev–Trinajstić information content (AvgIpc) is 3.66. The molecule has 9 heteroatoms. The molecule has 0 spiro atoms. The predicted octanol–water partition coefficient (Wildman–Crippen LogP) is 5.33. The highest BCUT2D eigenvalue weighted by Gasteiger charge is 2.68. The minimum absolute atomic E-state index is 0.0617. The van der Waals surface area contributed by atoms with Crippen LogP contribution in [-0.2, 0) is 30.2 Å². The lowest BCUT2D eigenvalue weighted by molar-refractivity contribution is -0.199. The number of oxime groups is 1. The molecular formula is C33H48BN3O5. The van der Waals surface area contributed by atoms with Gasteiger partial charge in [-0.1, -0.05) is 77.0 Å². The molecular weight excluding hydrogens is 529 g/mol. The van der Waals surface area contributed by atoms with E-state index in [4.69, 9.17) is 19.0 Å². The smallest absolute Gasteiger partial charge is 0.410 e. The van der Waals surface area contributed by atoms with Crippen LogP contribution in [0.25, 0.3) is 0 Å². The third kappa shape index (κ3) is 5.30. The Morgan fingerprint density at radius 1 is 1.14 bits per heavy atom. The molecule has 1 unspecified atom stereocenters. The van der Waals surface area contributed by atoms with Crippen LogP contribution in [0.4, 0.5) is 0 Å². The lowest BCUT2D eigenvalue weighted by Gasteiger charge is -2.64. The number of nitrogens with zero attached hydrogens (tertiary/aromatic N) is 2. The number of hydroxylamine groups is 2. The summed E-state index contributed by atoms with van der Waals surface area (Å²) in [5, 5.41) is 9.70. The van der Waals surface area contributed by atoms with Gasteiger partial charge in [0.25, 0.3) is 5.91 Å². The number of allylic oxidation sites excluding steroid dienone is 1. The second-order valence-corrected chi connectivity index (χ2v) is 14.8. The molecule has 6 atom stereocenters. The van der Waals surface area contributed by atoms with Gasteiger partial charge in [0.1, 0.15) is 5.76 Å². The fourth-order valence-corrected chi connectivity index (χ4v) is 8.03. The lowest BCUT2D eigenvalue weighted by atomic mass is 9.43. The van der Waals surface area contributed by atoms with Crippen molar-refractivity contribution in [1.29, 1.82) is 0 Å². The number of carbonyl (C=O) groups excluding carboxylic acids is 1. The summed E-state index contributed by atoms with van der Waals surface area (Å²) in [6.07, 6.45) is 5.94. The maximum absolute atomic E-state index is 14.3. The number of rotatable bonds is 10. The van der Waals surface area contributed by atoms with Crippen LogP contribution >= 0.6 is 0 Å². The van der Waals surface area contributed by atoms with Crippen molar-refractivity contribution in [2.24, 2.45) is 34.2 Å². The molecule has 8 nitrogen and oxygen atoms in total. The van der Waals surface area contributed by atoms with Crippen molar-refractivity contribution in [3.63, 3.8) is 0 Å². The second-order valence-electron chi connectivity index (χ2n) is 14.8. The van der Waals surface area contributed by atoms with E-state index in [1.165, 1.54) is 6.42 Å². The van der Waals surface area contributed by atoms with E-state index in [1.807, 2.05) is 35.4 Å². The lowest BCUT2D eigenvalue weighted by Crippen LogP contribution is -2.65. The number of carbonyl (C=O) groups is 1. The number of benzene rings is 1. The van der Waals surface area contributed by atoms with Crippen LogP contribution in [0.2, 0.25) is 0 Å². The summed E-state index contributed by atoms with van der Waals surface area (Å²) < 4.78 is 13.5. The van der Waals surface area contributed by atoms with E-state index in [-0.39, 0.29) is 29.0 Å². The fraction of sp³-hybridized carbons (Fsp3) is 0.697. The minimum Gasteiger partial charge on any atom is -0.410 e. The van der Waals surface area contributed by atoms with Gasteiger partial charge in [-0.05, 0) is 61.0 Å². The molecule has 42 heavy (non-hydrogen) atoms. The topological polar surface area (TPSA) is 81.6 Å². The van der Waals surface area contributed by atoms with Gasteiger partial charge in [0.2, 0.25) is 5.60 Å². The van der Waals surface area contributed by atoms with Crippen LogP contribution in [0.1, 0.15) is 79.7 Å². The Morgan fingerprint density at radius 3 is 2.57 bits per heavy atom. The average molecular weight is 578 g/mol. The number of nitrogens with one attached hydrogen (secondary N) is 1. The standard InChI is InChI=1S/C33H48BN3O5/c1-21(2)15-29(34-39-28-17-24-16-27(31(24,5)6)32(28,7)41-34)35-30(38)33(18-23-11-9-8-10-12-23)19-25(36-42-33)20-37-14-13-26(40-37)22(3)4/h8-13,21-22,24,27-29H,14-20H2,1-7H3,(H,35,38)/t24-,27-,28+,29-,32-,33?/m0/s1. The van der Waals surface area contributed by atoms with Gasteiger partial charge in [-0.25, -0.2) is 0 Å². The van der Waals surface area contributed by atoms with Crippen LogP contribution in [0, 0.1) is 29.1 Å². The van der Waals surface area contributed by atoms with Crippen LogP contribution < -0.4 is 5.32 Å². The largest absolute Gasteiger partial charge is 0.481 e. The number of amides is 1. The summed E-state index contributed by atoms with van der Waals surface area (Å²) in [6.45, 7) is 16.7. The molecule has 0 radical (unpaired) electrons. The van der Waals surface area contributed by atoms with Gasteiger partial charge in [-0.15, -0.1) is 5.06 Å². The summed E-state index contributed by atoms with van der Waals surface area (Å²) in [7, 11) is -0.490. The molecule has 1 aromatic rings. The Morgan fingerprint density at radius 2 is 1.90 bits per heavy atom. The summed E-state index contributed by atoms with van der Waals surface area (Å²) in [5.74, 6) is 2.30. The SMILES string of the molecule is CC(C)C[C@H](NC(=O)C1(Cc2ccccc2)CC(CN2CC=C(C(C)C)O2)=NO1)B1O[C@@H]2C[C@@H]3C[C@@H](C3(C)C)[C@]2(C)O1. The maximum Gasteiger partial charge on any atom is 0.481 e. The van der Waals surface area contributed by atoms with Gasteiger partial charge in [-0.3, -0.25) is 4.79 Å². The van der Waals surface area contributed by atoms with Crippen LogP contribution in [-0.4, -0.2) is 60.1 Å². The van der Waals surface area contributed by atoms with E-state index >= 15 is 0 Å². The number of hydrogen-bond acceptors (Lipinski definition) is 7. The second kappa shape index (κ2) is 11.0. The van der Waals surface area contributed by atoms with Crippen molar-refractivity contribution in [3.8, 4) is 0 Å². The highest BCUT2D eigenvalue weighted by molar-refractivity contribution is 6.48. The van der Waals surface area contributed by atoms with Gasteiger partial charge in [-0.2, -0.15) is 0 Å². The third-order valence-electron chi connectivity index (χ3n) is 10.6. The van der Waals surface area contributed by atoms with Gasteiger partial charge in [0.05, 0.1) is 36.4 Å². The van der Waals surface area contributed by atoms with E-state index in [0.717, 1.165) is 29.9 Å². The molecule has 3 heterocycles. The van der Waals surface area contributed by atoms with Crippen LogP contribution in [0.15, 0.2) is 47.3 Å². The van der Waals surface area contributed by atoms with E-state index in [2.05, 4.69) is 65.0 Å². The molecule has 3 aliphatic heterocycles. The maximum atomic E-state index is 14.3. The van der Waals surface area contributed by atoms with Crippen LogP contribution in [0.5, 0.6) is 0 Å². The van der Waals surface area contributed by atoms with Crippen LogP contribution in [0.3, 0.4) is 0 Å². The zero-order chi connectivity index (χ0) is 29.9. The highest BCUT2D eigenvalue weighted by Crippen LogP contribution is 2.65. The Labute approximate surface area is 251 Å². The molecule has 7 rings (SSSR count). The molecule has 6 aliphatic rings. The summed E-state index contributed by atoms with van der Waals surface area (Å²) >= 11 is 0. The van der Waals surface area contributed by atoms with Crippen molar-refractivity contribution in [1.82, 2.24) is 10.4 Å². The molecule has 2 bridgehead atoms. The highest BCUT2D eigenvalue weighted by atomic mass is 16.7. The molecule has 3 aliphatic carbocycles. The Hall–Kier alpha value is -2.36. The first-order chi connectivity index (χ1) is 19.9. The van der Waals surface area contributed by atoms with E-state index in [0.29, 0.717) is 49.6 Å². The molecule has 1 saturated heterocycles. The molecule has 3 saturated carbocycles. The zero-order valence-electron chi connectivity index (χ0n) is 26.4. The molecule has 228 valence electrons. The van der Waals surface area contributed by atoms with Crippen molar-refractivity contribution in [3.05, 3.63) is 47.7 Å². The molecule has 0 aromatic heterocycles. The molecule has 4 fully saturated rings. The Balaban J connectivity index is 1.19. The molecule has 1 aromatic carbocycles. The van der Waals surface area contributed by atoms with E-state index in [9.17, 15) is 4.79 Å². The first-order valence-electron chi connectivity index (χ1n) is 15.9. The summed E-state index contributed by atoms with van der Waals surface area (Å²) in [5.41, 5.74) is 0.603. The van der Waals surface area contributed by atoms with Gasteiger partial charge >= 0.3 is 7.12 Å². The zero-order valence-corrected chi connectivity index (χ0v) is 26.4. The monoisotopic (exact) mass is 577 g/mol. The first-order valence-corrected chi connectivity index (χ1v) is 15.9. The Bertz CT molecular complexity index is 1240. The first kappa shape index (κ1) is 29.7. The van der Waals surface area contributed by atoms with Crippen molar-refractivity contribution < 1.29 is 23.8 Å². The summed E-state index contributed by atoms with van der Waals surface area (Å²) in [6, 6.07) is 10.0. The van der Waals surface area contributed by atoms with Crippen molar-refractivity contribution in [2.75, 3.05) is 13.1 Å². The van der Waals surface area contributed by atoms with Gasteiger partial charge in [0.15, 0.2) is 0 Å². The number of hydrogen-bond donors (Lipinski definition) is 1. The van der Waals surface area contributed by atoms with E-state index < -0.39 is 12.7 Å². The molecule has 1 amide bonds. The quantitative estimate of drug-likeness (QED) is 0.379. The molecule has 1 N–H and O–H groups in total. The normalized spacial score (nSPS) is 33.9. The van der Waals surface area contributed by atoms with Crippen molar-refractivity contribution in [2.45, 2.75) is 104 Å². The van der Waals surface area contributed by atoms with Gasteiger partial charge < -0.3 is 24.3 Å². The predicted molar refractivity (Wildman–Crippen MR) is 163 cm³/mol. The Kier molecular flexibility index (Phi) is 7.76. The fourth-order valence-electron chi connectivity index (χ4n) is 8.03. The summed E-state index contributed by atoms with van der Waals surface area (Å²) in [4.78, 5) is 26.5. The van der Waals surface area contributed by atoms with Crippen molar-refractivity contribution >= 4 is 18.7 Å². The minimum atomic E-state index is -1.15. The van der Waals surface area contributed by atoms with E-state index in [1.54, 1.807) is 0 Å².